The van der Waals surface area contributed by atoms with Gasteiger partial charge in [-0.05, 0) is 24.6 Å². The number of benzene rings is 2. The zero-order chi connectivity index (χ0) is 15.4. The van der Waals surface area contributed by atoms with Crippen LogP contribution in [0.2, 0.25) is 0 Å². The highest BCUT2D eigenvalue weighted by Gasteiger charge is 2.19. The number of methoxy groups -OCH3 is 1. The summed E-state index contributed by atoms with van der Waals surface area (Å²) in [4.78, 5) is 22.9. The van der Waals surface area contributed by atoms with Gasteiger partial charge < -0.3 is 4.74 Å². The first-order chi connectivity index (χ1) is 10.0. The molecule has 0 fully saturated rings. The molecule has 0 spiro atoms. The van der Waals surface area contributed by atoms with E-state index in [-0.39, 0.29) is 5.78 Å². The lowest BCUT2D eigenvalue weighted by molar-refractivity contribution is -0.496. The minimum absolute atomic E-state index is 0.224. The molecule has 0 saturated heterocycles. The van der Waals surface area contributed by atoms with Crippen LogP contribution in [0.15, 0.2) is 42.5 Å². The van der Waals surface area contributed by atoms with Crippen LogP contribution in [0.5, 0.6) is 5.75 Å². The van der Waals surface area contributed by atoms with Gasteiger partial charge in [0.15, 0.2) is 5.78 Å². The molecule has 2 rings (SSSR count). The molecule has 108 valence electrons. The average molecular weight is 285 g/mol. The molecule has 21 heavy (non-hydrogen) atoms. The van der Waals surface area contributed by atoms with Crippen molar-refractivity contribution in [2.45, 2.75) is 13.5 Å². The molecule has 0 radical (unpaired) electrons. The number of ether oxygens (including phenoxy) is 1. The Labute approximate surface area is 122 Å². The van der Waals surface area contributed by atoms with Crippen molar-refractivity contribution in [3.8, 4) is 5.75 Å². The Morgan fingerprint density at radius 1 is 1.24 bits per heavy atom. The molecule has 0 amide bonds. The summed E-state index contributed by atoms with van der Waals surface area (Å²) < 4.78 is 5.17. The van der Waals surface area contributed by atoms with Gasteiger partial charge in [0, 0.05) is 21.6 Å². The van der Waals surface area contributed by atoms with E-state index >= 15 is 0 Å². The van der Waals surface area contributed by atoms with Gasteiger partial charge in [-0.3, -0.25) is 14.9 Å². The van der Waals surface area contributed by atoms with Gasteiger partial charge in [-0.1, -0.05) is 30.3 Å². The summed E-state index contributed by atoms with van der Waals surface area (Å²) in [5.41, 5.74) is 1.98. The number of ketones is 1. The van der Waals surface area contributed by atoms with Crippen LogP contribution in [-0.4, -0.2) is 17.8 Å². The first-order valence-electron chi connectivity index (χ1n) is 6.42. The summed E-state index contributed by atoms with van der Waals surface area (Å²) in [5.74, 6) is 0.315. The fraction of sp³-hybridized carbons (Fsp3) is 0.188. The third-order valence-corrected chi connectivity index (χ3v) is 3.20. The number of nitrogens with zero attached hydrogens (tertiary/aromatic N) is 1. The Hall–Kier alpha value is -2.69. The van der Waals surface area contributed by atoms with Crippen molar-refractivity contribution in [2.75, 3.05) is 7.11 Å². The van der Waals surface area contributed by atoms with Crippen LogP contribution in [0, 0.1) is 17.0 Å². The van der Waals surface area contributed by atoms with E-state index in [9.17, 15) is 14.9 Å². The molecule has 5 nitrogen and oxygen atoms in total. The van der Waals surface area contributed by atoms with E-state index in [0.717, 1.165) is 5.56 Å². The number of carbonyl (C=O) groups excluding carboxylic acids is 1. The molecular weight excluding hydrogens is 270 g/mol. The number of hydrogen-bond acceptors (Lipinski definition) is 4. The monoisotopic (exact) mass is 285 g/mol. The van der Waals surface area contributed by atoms with Gasteiger partial charge in [0.1, 0.15) is 5.75 Å². The van der Waals surface area contributed by atoms with Crippen LogP contribution in [-0.2, 0) is 6.54 Å². The molecular formula is C16H15NO4. The minimum atomic E-state index is -0.453. The molecule has 0 bridgehead atoms. The maximum absolute atomic E-state index is 12.5. The first-order valence-corrected chi connectivity index (χ1v) is 6.42. The molecule has 0 aliphatic rings. The van der Waals surface area contributed by atoms with Gasteiger partial charge in [0.25, 0.3) is 0 Å². The zero-order valence-corrected chi connectivity index (χ0v) is 11.8. The third kappa shape index (κ3) is 3.25. The summed E-state index contributed by atoms with van der Waals surface area (Å²) in [6, 6.07) is 11.9. The van der Waals surface area contributed by atoms with E-state index in [1.165, 1.54) is 7.11 Å². The van der Waals surface area contributed by atoms with Crippen molar-refractivity contribution in [1.29, 1.82) is 0 Å². The fourth-order valence-electron chi connectivity index (χ4n) is 2.18. The van der Waals surface area contributed by atoms with Crippen LogP contribution in [0.3, 0.4) is 0 Å². The highest BCUT2D eigenvalue weighted by Crippen LogP contribution is 2.25. The molecule has 2 aromatic carbocycles. The summed E-state index contributed by atoms with van der Waals surface area (Å²) in [6.45, 7) is 1.39. The van der Waals surface area contributed by atoms with E-state index in [4.69, 9.17) is 4.74 Å². The lowest BCUT2D eigenvalue weighted by Gasteiger charge is -2.11. The zero-order valence-electron chi connectivity index (χ0n) is 11.8. The second-order valence-corrected chi connectivity index (χ2v) is 4.66. The van der Waals surface area contributed by atoms with Crippen molar-refractivity contribution >= 4 is 5.78 Å². The molecule has 0 unspecified atom stereocenters. The Bertz CT molecular complexity index is 680. The number of nitro groups is 1. The summed E-state index contributed by atoms with van der Waals surface area (Å²) >= 11 is 0. The first kappa shape index (κ1) is 14.7. The van der Waals surface area contributed by atoms with E-state index in [2.05, 4.69) is 0 Å². The van der Waals surface area contributed by atoms with Gasteiger partial charge in [0.2, 0.25) is 6.54 Å². The van der Waals surface area contributed by atoms with Crippen molar-refractivity contribution in [3.63, 3.8) is 0 Å². The number of aryl methyl sites for hydroxylation is 1. The SMILES string of the molecule is COc1cc(C[N+](=O)[O-])c(C(=O)c2ccccc2)cc1C. The molecule has 0 aliphatic heterocycles. The molecule has 0 aromatic heterocycles. The molecule has 0 N–H and O–H groups in total. The van der Waals surface area contributed by atoms with Crippen LogP contribution < -0.4 is 4.74 Å². The molecule has 0 atom stereocenters. The second kappa shape index (κ2) is 6.17. The maximum Gasteiger partial charge on any atom is 0.229 e. The van der Waals surface area contributed by atoms with Crippen LogP contribution >= 0.6 is 0 Å². The van der Waals surface area contributed by atoms with Crippen LogP contribution in [0.4, 0.5) is 0 Å². The summed E-state index contributed by atoms with van der Waals surface area (Å²) in [5, 5.41) is 10.8. The van der Waals surface area contributed by atoms with Crippen molar-refractivity contribution in [3.05, 3.63) is 74.8 Å². The van der Waals surface area contributed by atoms with Gasteiger partial charge >= 0.3 is 0 Å². The predicted molar refractivity (Wildman–Crippen MR) is 78.3 cm³/mol. The number of rotatable bonds is 5. The largest absolute Gasteiger partial charge is 0.496 e. The van der Waals surface area contributed by atoms with E-state index in [0.29, 0.717) is 22.4 Å². The van der Waals surface area contributed by atoms with E-state index < -0.39 is 11.5 Å². The summed E-state index contributed by atoms with van der Waals surface area (Å²) in [6.07, 6.45) is 0. The van der Waals surface area contributed by atoms with Crippen molar-refractivity contribution < 1.29 is 14.5 Å². The predicted octanol–water partition coefficient (Wildman–Crippen LogP) is 3.01. The van der Waals surface area contributed by atoms with Gasteiger partial charge in [-0.25, -0.2) is 0 Å². The normalized spacial score (nSPS) is 10.2. The van der Waals surface area contributed by atoms with E-state index in [1.54, 1.807) is 43.3 Å². The summed E-state index contributed by atoms with van der Waals surface area (Å²) in [7, 11) is 1.50. The number of carbonyl (C=O) groups is 1. The third-order valence-electron chi connectivity index (χ3n) is 3.20. The Kier molecular flexibility index (Phi) is 4.33. The standard InChI is InChI=1S/C16H15NO4/c1-11-8-14(16(18)12-6-4-3-5-7-12)13(10-17(19)20)9-15(11)21-2/h3-9H,10H2,1-2H3. The highest BCUT2D eigenvalue weighted by molar-refractivity contribution is 6.10. The smallest absolute Gasteiger partial charge is 0.229 e. The molecule has 2 aromatic rings. The van der Waals surface area contributed by atoms with E-state index in [1.807, 2.05) is 6.07 Å². The lowest BCUT2D eigenvalue weighted by atomic mass is 9.96. The molecule has 0 saturated carbocycles. The minimum Gasteiger partial charge on any atom is -0.496 e. The quantitative estimate of drug-likeness (QED) is 0.481. The van der Waals surface area contributed by atoms with Gasteiger partial charge in [-0.2, -0.15) is 0 Å². The van der Waals surface area contributed by atoms with Gasteiger partial charge in [0.05, 0.1) is 7.11 Å². The lowest BCUT2D eigenvalue weighted by Crippen LogP contribution is -2.10. The molecule has 0 aliphatic carbocycles. The van der Waals surface area contributed by atoms with Crippen LogP contribution in [0.25, 0.3) is 0 Å². The Balaban J connectivity index is 2.53. The van der Waals surface area contributed by atoms with Crippen molar-refractivity contribution in [1.82, 2.24) is 0 Å². The highest BCUT2D eigenvalue weighted by atomic mass is 16.6. The Morgan fingerprint density at radius 2 is 1.90 bits per heavy atom. The number of hydrogen-bond donors (Lipinski definition) is 0. The second-order valence-electron chi connectivity index (χ2n) is 4.66. The Morgan fingerprint density at radius 3 is 2.48 bits per heavy atom. The molecule has 0 heterocycles. The fourth-order valence-corrected chi connectivity index (χ4v) is 2.18. The topological polar surface area (TPSA) is 69.4 Å². The van der Waals surface area contributed by atoms with Gasteiger partial charge in [-0.15, -0.1) is 0 Å². The van der Waals surface area contributed by atoms with Crippen molar-refractivity contribution in [2.24, 2.45) is 0 Å². The molecule has 5 heteroatoms. The van der Waals surface area contributed by atoms with Crippen LogP contribution in [0.1, 0.15) is 27.0 Å². The average Bonchev–Trinajstić information content (AvgIpc) is 2.48. The maximum atomic E-state index is 12.5.